The smallest absolute Gasteiger partial charge is 0.124 e. The van der Waals surface area contributed by atoms with Crippen molar-refractivity contribution < 1.29 is 9.84 Å². The van der Waals surface area contributed by atoms with Crippen molar-refractivity contribution in [1.29, 1.82) is 5.41 Å². The molecule has 0 aliphatic carbocycles. The van der Waals surface area contributed by atoms with Crippen molar-refractivity contribution in [1.82, 2.24) is 0 Å². The maximum Gasteiger partial charge on any atom is 0.124 e. The lowest BCUT2D eigenvalue weighted by Crippen LogP contribution is -2.44. The molecule has 6 heteroatoms. The zero-order valence-electron chi connectivity index (χ0n) is 9.90. The van der Waals surface area contributed by atoms with Crippen LogP contribution in [0, 0.1) is 5.41 Å². The van der Waals surface area contributed by atoms with E-state index < -0.39 is 0 Å². The molecule has 1 fully saturated rings. The molecule has 4 N–H and O–H groups in total. The molecule has 2 rings (SSSR count). The van der Waals surface area contributed by atoms with Crippen molar-refractivity contribution >= 4 is 23.1 Å². The van der Waals surface area contributed by atoms with Crippen LogP contribution in [0.25, 0.3) is 0 Å². The first-order valence-electron chi connectivity index (χ1n) is 5.73. The van der Waals surface area contributed by atoms with Gasteiger partial charge in [0, 0.05) is 29.4 Å². The monoisotopic (exact) mass is 269 g/mol. The second kappa shape index (κ2) is 5.56. The van der Waals surface area contributed by atoms with E-state index in [1.807, 2.05) is 6.07 Å². The first-order valence-corrected chi connectivity index (χ1v) is 6.11. The number of nitrogen functional groups attached to an aromatic ring is 1. The molecule has 18 heavy (non-hydrogen) atoms. The summed E-state index contributed by atoms with van der Waals surface area (Å²) >= 11 is 5.92. The van der Waals surface area contributed by atoms with Gasteiger partial charge in [-0.05, 0) is 18.2 Å². The Kier molecular flexibility index (Phi) is 4.06. The molecule has 1 unspecified atom stereocenters. The van der Waals surface area contributed by atoms with Crippen molar-refractivity contribution in [2.75, 3.05) is 31.2 Å². The van der Waals surface area contributed by atoms with E-state index in [4.69, 9.17) is 32.6 Å². The van der Waals surface area contributed by atoms with Gasteiger partial charge < -0.3 is 20.5 Å². The molecule has 0 spiro atoms. The lowest BCUT2D eigenvalue weighted by atomic mass is 10.1. The average Bonchev–Trinajstić information content (AvgIpc) is 2.38. The number of nitrogens with zero attached hydrogens (tertiary/aromatic N) is 1. The van der Waals surface area contributed by atoms with Gasteiger partial charge >= 0.3 is 0 Å². The van der Waals surface area contributed by atoms with Crippen molar-refractivity contribution in [2.45, 2.75) is 6.10 Å². The number of hydrogen-bond acceptors (Lipinski definition) is 4. The summed E-state index contributed by atoms with van der Waals surface area (Å²) in [4.78, 5) is 2.05. The Labute approximate surface area is 111 Å². The average molecular weight is 270 g/mol. The van der Waals surface area contributed by atoms with Crippen LogP contribution in [0.1, 0.15) is 5.56 Å². The minimum absolute atomic E-state index is 0.0143. The summed E-state index contributed by atoms with van der Waals surface area (Å²) in [5.74, 6) is -0.0143. The number of nitrogens with two attached hydrogens (primary N) is 1. The second-order valence-corrected chi connectivity index (χ2v) is 4.63. The molecule has 1 aromatic carbocycles. The van der Waals surface area contributed by atoms with Gasteiger partial charge in [-0.1, -0.05) is 11.6 Å². The van der Waals surface area contributed by atoms with Gasteiger partial charge in [0.2, 0.25) is 0 Å². The Morgan fingerprint density at radius 2 is 2.39 bits per heavy atom. The van der Waals surface area contributed by atoms with E-state index in [-0.39, 0.29) is 18.5 Å². The molecule has 0 radical (unpaired) electrons. The quantitative estimate of drug-likeness (QED) is 0.560. The van der Waals surface area contributed by atoms with E-state index >= 15 is 0 Å². The van der Waals surface area contributed by atoms with Crippen molar-refractivity contribution in [2.24, 2.45) is 5.73 Å². The number of aliphatic hydroxyl groups is 1. The fourth-order valence-electron chi connectivity index (χ4n) is 2.05. The number of nitrogens with one attached hydrogen (secondary N) is 1. The molecule has 1 aliphatic heterocycles. The first kappa shape index (κ1) is 13.1. The third kappa shape index (κ3) is 2.75. The first-order chi connectivity index (χ1) is 8.61. The summed E-state index contributed by atoms with van der Waals surface area (Å²) in [5.41, 5.74) is 7.04. The van der Waals surface area contributed by atoms with Crippen LogP contribution < -0.4 is 10.6 Å². The summed E-state index contributed by atoms with van der Waals surface area (Å²) in [7, 11) is 0. The fraction of sp³-hybridized carbons (Fsp3) is 0.417. The Morgan fingerprint density at radius 3 is 3.06 bits per heavy atom. The maximum atomic E-state index is 9.14. The van der Waals surface area contributed by atoms with Gasteiger partial charge in [0.25, 0.3) is 0 Å². The predicted molar refractivity (Wildman–Crippen MR) is 71.5 cm³/mol. The summed E-state index contributed by atoms with van der Waals surface area (Å²) in [5, 5.41) is 17.3. The van der Waals surface area contributed by atoms with E-state index in [1.165, 1.54) is 0 Å². The molecule has 98 valence electrons. The third-order valence-electron chi connectivity index (χ3n) is 2.93. The highest BCUT2D eigenvalue weighted by molar-refractivity contribution is 6.31. The highest BCUT2D eigenvalue weighted by Crippen LogP contribution is 2.25. The minimum atomic E-state index is -0.200. The van der Waals surface area contributed by atoms with Crippen LogP contribution in [0.4, 0.5) is 5.69 Å². The van der Waals surface area contributed by atoms with Crippen molar-refractivity contribution in [3.63, 3.8) is 0 Å². The van der Waals surface area contributed by atoms with Gasteiger partial charge in [0.05, 0.1) is 19.3 Å². The molecule has 1 aromatic rings. The molecule has 0 saturated carbocycles. The van der Waals surface area contributed by atoms with E-state index in [0.717, 1.165) is 5.69 Å². The zero-order valence-corrected chi connectivity index (χ0v) is 10.7. The van der Waals surface area contributed by atoms with E-state index in [1.54, 1.807) is 12.1 Å². The molecule has 0 bridgehead atoms. The number of anilines is 1. The highest BCUT2D eigenvalue weighted by atomic mass is 35.5. The Hall–Kier alpha value is -1.30. The number of amidine groups is 1. The molecule has 1 saturated heterocycles. The summed E-state index contributed by atoms with van der Waals surface area (Å²) in [6.45, 7) is 1.82. The number of halogens is 1. The van der Waals surface area contributed by atoms with Crippen molar-refractivity contribution in [3.05, 3.63) is 28.8 Å². The topological polar surface area (TPSA) is 82.6 Å². The van der Waals surface area contributed by atoms with Crippen LogP contribution in [0.15, 0.2) is 18.2 Å². The number of benzene rings is 1. The Balaban J connectivity index is 2.29. The lowest BCUT2D eigenvalue weighted by Gasteiger charge is -2.34. The molecule has 5 nitrogen and oxygen atoms in total. The summed E-state index contributed by atoms with van der Waals surface area (Å²) in [6, 6.07) is 5.30. The largest absolute Gasteiger partial charge is 0.394 e. The van der Waals surface area contributed by atoms with Crippen molar-refractivity contribution in [3.8, 4) is 0 Å². The molecule has 0 aromatic heterocycles. The normalized spacial score (nSPS) is 19.9. The fourth-order valence-corrected chi connectivity index (χ4v) is 2.22. The predicted octanol–water partition coefficient (Wildman–Crippen LogP) is 0.822. The van der Waals surface area contributed by atoms with Gasteiger partial charge in [-0.3, -0.25) is 5.41 Å². The molecule has 1 aliphatic rings. The van der Waals surface area contributed by atoms with Crippen LogP contribution in [0.5, 0.6) is 0 Å². The molecular weight excluding hydrogens is 254 g/mol. The molecule has 1 heterocycles. The molecule has 1 atom stereocenters. The van der Waals surface area contributed by atoms with Gasteiger partial charge in [0.1, 0.15) is 5.84 Å². The van der Waals surface area contributed by atoms with Gasteiger partial charge in [-0.25, -0.2) is 0 Å². The summed E-state index contributed by atoms with van der Waals surface area (Å²) in [6.07, 6.45) is -0.200. The highest BCUT2D eigenvalue weighted by Gasteiger charge is 2.22. The van der Waals surface area contributed by atoms with Crippen LogP contribution in [0.3, 0.4) is 0 Å². The van der Waals surface area contributed by atoms with Crippen LogP contribution in [0.2, 0.25) is 5.02 Å². The van der Waals surface area contributed by atoms with Gasteiger partial charge in [0.15, 0.2) is 0 Å². The van der Waals surface area contributed by atoms with E-state index in [0.29, 0.717) is 30.3 Å². The zero-order chi connectivity index (χ0) is 13.1. The Bertz CT molecular complexity index is 453. The standard InChI is InChI=1S/C12H16ClN3O2/c13-8-1-2-11(10(5-8)12(14)15)16-3-4-18-9(6-16)7-17/h1-2,5,9,17H,3-4,6-7H2,(H3,14,15). The molecule has 0 amide bonds. The number of morpholine rings is 1. The SMILES string of the molecule is N=C(N)c1cc(Cl)ccc1N1CCOC(CO)C1. The summed E-state index contributed by atoms with van der Waals surface area (Å²) < 4.78 is 5.40. The van der Waals surface area contributed by atoms with E-state index in [2.05, 4.69) is 4.90 Å². The number of aliphatic hydroxyl groups excluding tert-OH is 1. The van der Waals surface area contributed by atoms with Crippen LogP contribution >= 0.6 is 11.6 Å². The lowest BCUT2D eigenvalue weighted by molar-refractivity contribution is 0.00356. The van der Waals surface area contributed by atoms with Gasteiger partial charge in [-0.2, -0.15) is 0 Å². The Morgan fingerprint density at radius 1 is 1.61 bits per heavy atom. The van der Waals surface area contributed by atoms with E-state index in [9.17, 15) is 0 Å². The molecular formula is C12H16ClN3O2. The second-order valence-electron chi connectivity index (χ2n) is 4.20. The maximum absolute atomic E-state index is 9.14. The minimum Gasteiger partial charge on any atom is -0.394 e. The number of rotatable bonds is 3. The third-order valence-corrected chi connectivity index (χ3v) is 3.17. The van der Waals surface area contributed by atoms with Gasteiger partial charge in [-0.15, -0.1) is 0 Å². The van der Waals surface area contributed by atoms with Crippen LogP contribution in [-0.2, 0) is 4.74 Å². The number of ether oxygens (including phenoxy) is 1. The number of hydrogen-bond donors (Lipinski definition) is 3. The van der Waals surface area contributed by atoms with Crippen LogP contribution in [-0.4, -0.2) is 43.3 Å².